The average molecular weight is 193 g/mol. The molecule has 1 aromatic rings. The second kappa shape index (κ2) is 3.31. The molecule has 4 nitrogen and oxygen atoms in total. The molecule has 2 N–H and O–H groups in total. The van der Waals surface area contributed by atoms with Gasteiger partial charge in [-0.3, -0.25) is 4.18 Å². The van der Waals surface area contributed by atoms with Crippen molar-refractivity contribution in [1.29, 1.82) is 0 Å². The maximum atomic E-state index is 10.3. The second-order valence-corrected chi connectivity index (χ2v) is 3.89. The molecule has 0 radical (unpaired) electrons. The van der Waals surface area contributed by atoms with Crippen LogP contribution >= 0.6 is 11.3 Å². The van der Waals surface area contributed by atoms with E-state index in [0.717, 1.165) is 5.56 Å². The number of thiophene rings is 1. The van der Waals surface area contributed by atoms with Crippen molar-refractivity contribution in [3.8, 4) is 0 Å². The molecule has 0 saturated heterocycles. The molecule has 0 amide bonds. The van der Waals surface area contributed by atoms with Crippen LogP contribution in [0.5, 0.6) is 0 Å². The quantitative estimate of drug-likeness (QED) is 0.758. The van der Waals surface area contributed by atoms with Gasteiger partial charge in [0.15, 0.2) is 0 Å². The number of hydrogen-bond acceptors (Lipinski definition) is 4. The lowest BCUT2D eigenvalue weighted by molar-refractivity contribution is 0.309. The van der Waals surface area contributed by atoms with Gasteiger partial charge in [-0.05, 0) is 22.4 Å². The summed E-state index contributed by atoms with van der Waals surface area (Å²) in [6.07, 6.45) is 0. The molecule has 1 aromatic heterocycles. The van der Waals surface area contributed by atoms with Crippen LogP contribution in [0.25, 0.3) is 0 Å². The van der Waals surface area contributed by atoms with Gasteiger partial charge in [0.1, 0.15) is 0 Å². The van der Waals surface area contributed by atoms with E-state index >= 15 is 0 Å². The Bertz CT molecular complexity index is 302. The summed E-state index contributed by atoms with van der Waals surface area (Å²) in [7, 11) is -3.80. The predicted octanol–water partition coefficient (Wildman–Crippen LogP) is 0.468. The second-order valence-electron chi connectivity index (χ2n) is 1.89. The first-order valence-electron chi connectivity index (χ1n) is 2.76. The van der Waals surface area contributed by atoms with Gasteiger partial charge in [0.05, 0.1) is 6.61 Å². The fourth-order valence-electron chi connectivity index (χ4n) is 0.525. The molecule has 11 heavy (non-hydrogen) atoms. The molecule has 0 bridgehead atoms. The van der Waals surface area contributed by atoms with Crippen molar-refractivity contribution in [3.63, 3.8) is 0 Å². The van der Waals surface area contributed by atoms with Crippen molar-refractivity contribution in [3.05, 3.63) is 22.4 Å². The standard InChI is InChI=1S/C5H7NO3S2/c6-11(7,8)9-3-5-1-2-10-4-5/h1-2,4H,3H2,(H2,6,7,8). The van der Waals surface area contributed by atoms with E-state index < -0.39 is 10.3 Å². The molecule has 0 aliphatic rings. The predicted molar refractivity (Wildman–Crippen MR) is 42.2 cm³/mol. The first-order valence-corrected chi connectivity index (χ1v) is 5.17. The maximum Gasteiger partial charge on any atom is 0.333 e. The Morgan fingerprint density at radius 2 is 2.36 bits per heavy atom. The number of rotatable bonds is 3. The molecule has 0 unspecified atom stereocenters. The van der Waals surface area contributed by atoms with Gasteiger partial charge in [-0.2, -0.15) is 19.8 Å². The van der Waals surface area contributed by atoms with Crippen LogP contribution in [0.1, 0.15) is 5.56 Å². The Morgan fingerprint density at radius 1 is 1.64 bits per heavy atom. The highest BCUT2D eigenvalue weighted by Gasteiger charge is 2.02. The van der Waals surface area contributed by atoms with Crippen molar-refractivity contribution in [2.24, 2.45) is 5.14 Å². The summed E-state index contributed by atoms with van der Waals surface area (Å²) in [6.45, 7) is 0.0162. The van der Waals surface area contributed by atoms with E-state index in [9.17, 15) is 8.42 Å². The van der Waals surface area contributed by atoms with Gasteiger partial charge >= 0.3 is 10.3 Å². The molecule has 0 saturated carbocycles. The highest BCUT2D eigenvalue weighted by molar-refractivity contribution is 7.84. The highest BCUT2D eigenvalue weighted by Crippen LogP contribution is 2.07. The molecule has 6 heteroatoms. The van der Waals surface area contributed by atoms with Gasteiger partial charge in [0.2, 0.25) is 0 Å². The minimum atomic E-state index is -3.80. The van der Waals surface area contributed by atoms with Gasteiger partial charge in [-0.25, -0.2) is 5.14 Å². The molecule has 0 aliphatic carbocycles. The van der Waals surface area contributed by atoms with Crippen molar-refractivity contribution in [1.82, 2.24) is 0 Å². The van der Waals surface area contributed by atoms with Gasteiger partial charge in [-0.15, -0.1) is 0 Å². The Morgan fingerprint density at radius 3 is 2.82 bits per heavy atom. The third-order valence-corrected chi connectivity index (χ3v) is 2.15. The maximum absolute atomic E-state index is 10.3. The minimum Gasteiger partial charge on any atom is -0.253 e. The lowest BCUT2D eigenvalue weighted by Crippen LogP contribution is -2.15. The molecule has 1 rings (SSSR count). The largest absolute Gasteiger partial charge is 0.333 e. The van der Waals surface area contributed by atoms with Crippen LogP contribution in [0.4, 0.5) is 0 Å². The average Bonchev–Trinajstić information content (AvgIpc) is 2.32. The Labute approximate surface area is 68.9 Å². The van der Waals surface area contributed by atoms with Crippen LogP contribution < -0.4 is 5.14 Å². The third kappa shape index (κ3) is 3.47. The van der Waals surface area contributed by atoms with Gasteiger partial charge in [0, 0.05) is 0 Å². The molecular weight excluding hydrogens is 186 g/mol. The zero-order valence-corrected chi connectivity index (χ0v) is 7.19. The van der Waals surface area contributed by atoms with Crippen molar-refractivity contribution < 1.29 is 12.6 Å². The van der Waals surface area contributed by atoms with Crippen LogP contribution in [0, 0.1) is 0 Å². The van der Waals surface area contributed by atoms with Crippen molar-refractivity contribution >= 4 is 21.6 Å². The SMILES string of the molecule is NS(=O)(=O)OCc1ccsc1. The summed E-state index contributed by atoms with van der Waals surface area (Å²) >= 11 is 1.47. The summed E-state index contributed by atoms with van der Waals surface area (Å²) in [5, 5.41) is 8.24. The Kier molecular flexibility index (Phi) is 2.61. The van der Waals surface area contributed by atoms with Crippen LogP contribution in [0.15, 0.2) is 16.8 Å². The van der Waals surface area contributed by atoms with E-state index in [-0.39, 0.29) is 6.61 Å². The lowest BCUT2D eigenvalue weighted by Gasteiger charge is -1.96. The normalized spacial score (nSPS) is 11.7. The van der Waals surface area contributed by atoms with E-state index in [4.69, 9.17) is 0 Å². The monoisotopic (exact) mass is 193 g/mol. The van der Waals surface area contributed by atoms with E-state index in [1.807, 2.05) is 5.38 Å². The van der Waals surface area contributed by atoms with E-state index in [1.165, 1.54) is 11.3 Å². The summed E-state index contributed by atoms with van der Waals surface area (Å²) in [6, 6.07) is 1.77. The van der Waals surface area contributed by atoms with Crippen molar-refractivity contribution in [2.75, 3.05) is 0 Å². The molecule has 0 aromatic carbocycles. The third-order valence-electron chi connectivity index (χ3n) is 0.970. The van der Waals surface area contributed by atoms with E-state index in [1.54, 1.807) is 11.4 Å². The molecule has 0 aliphatic heterocycles. The smallest absolute Gasteiger partial charge is 0.253 e. The zero-order chi connectivity index (χ0) is 8.32. The zero-order valence-electron chi connectivity index (χ0n) is 5.56. The minimum absolute atomic E-state index is 0.0162. The first kappa shape index (κ1) is 8.66. The molecule has 0 fully saturated rings. The summed E-state index contributed by atoms with van der Waals surface area (Å²) in [4.78, 5) is 0. The lowest BCUT2D eigenvalue weighted by atomic mass is 10.4. The number of hydrogen-bond donors (Lipinski definition) is 1. The molecule has 62 valence electrons. The van der Waals surface area contributed by atoms with Gasteiger partial charge < -0.3 is 0 Å². The van der Waals surface area contributed by atoms with E-state index in [0.29, 0.717) is 0 Å². The van der Waals surface area contributed by atoms with E-state index in [2.05, 4.69) is 9.32 Å². The van der Waals surface area contributed by atoms with Crippen LogP contribution in [-0.2, 0) is 21.1 Å². The van der Waals surface area contributed by atoms with Crippen molar-refractivity contribution in [2.45, 2.75) is 6.61 Å². The Hall–Kier alpha value is -0.430. The summed E-state index contributed by atoms with van der Waals surface area (Å²) in [5.74, 6) is 0. The highest BCUT2D eigenvalue weighted by atomic mass is 32.2. The molecule has 0 atom stereocenters. The fraction of sp³-hybridized carbons (Fsp3) is 0.200. The Balaban J connectivity index is 2.48. The number of nitrogens with two attached hydrogens (primary N) is 1. The molecule has 1 heterocycles. The fourth-order valence-corrected chi connectivity index (χ4v) is 1.48. The molecule has 0 spiro atoms. The first-order chi connectivity index (χ1) is 5.08. The summed E-state index contributed by atoms with van der Waals surface area (Å²) < 4.78 is 24.9. The van der Waals surface area contributed by atoms with Crippen LogP contribution in [0.2, 0.25) is 0 Å². The van der Waals surface area contributed by atoms with Gasteiger partial charge in [0.25, 0.3) is 0 Å². The summed E-state index contributed by atoms with van der Waals surface area (Å²) in [5.41, 5.74) is 0.809. The molecular formula is C5H7NO3S2. The van der Waals surface area contributed by atoms with Crippen LogP contribution in [0.3, 0.4) is 0 Å². The van der Waals surface area contributed by atoms with Crippen LogP contribution in [-0.4, -0.2) is 8.42 Å². The van der Waals surface area contributed by atoms with Gasteiger partial charge in [-0.1, -0.05) is 0 Å². The topological polar surface area (TPSA) is 69.4 Å².